The number of hydrogen-bond acceptors (Lipinski definition) is 4. The molecule has 1 aromatic heterocycles. The van der Waals surface area contributed by atoms with Gasteiger partial charge in [0.25, 0.3) is 5.91 Å². The van der Waals surface area contributed by atoms with Crippen LogP contribution in [-0.4, -0.2) is 53.1 Å². The molecule has 1 fully saturated rings. The molecule has 1 amide bonds. The summed E-state index contributed by atoms with van der Waals surface area (Å²) >= 11 is 0. The average Bonchev–Trinajstić information content (AvgIpc) is 3.12. The number of imidazole rings is 1. The van der Waals surface area contributed by atoms with Gasteiger partial charge in [-0.2, -0.15) is 0 Å². The van der Waals surface area contributed by atoms with Gasteiger partial charge in [-0.25, -0.2) is 4.98 Å². The summed E-state index contributed by atoms with van der Waals surface area (Å²) in [7, 11) is 0. The third-order valence-electron chi connectivity index (χ3n) is 5.45. The third-order valence-corrected chi connectivity index (χ3v) is 5.45. The molecule has 0 atom stereocenters. The number of benzene rings is 2. The lowest BCUT2D eigenvalue weighted by molar-refractivity contribution is 0.0747. The predicted octanol–water partition coefficient (Wildman–Crippen LogP) is 2.53. The van der Waals surface area contributed by atoms with Crippen molar-refractivity contribution >= 4 is 22.6 Å². The summed E-state index contributed by atoms with van der Waals surface area (Å²) in [5, 5.41) is 0. The fourth-order valence-electron chi connectivity index (χ4n) is 3.98. The lowest BCUT2D eigenvalue weighted by Gasteiger charge is -2.36. The number of ether oxygens (including phenoxy) is 1. The van der Waals surface area contributed by atoms with Crippen LogP contribution in [0.3, 0.4) is 0 Å². The Kier molecular flexibility index (Phi) is 4.05. The van der Waals surface area contributed by atoms with Gasteiger partial charge in [0.2, 0.25) is 0 Å². The van der Waals surface area contributed by atoms with Crippen LogP contribution in [0.15, 0.2) is 48.5 Å². The van der Waals surface area contributed by atoms with E-state index in [0.29, 0.717) is 18.8 Å². The molecule has 0 spiro atoms. The number of rotatable bonds is 2. The Morgan fingerprint density at radius 3 is 2.59 bits per heavy atom. The Hall–Kier alpha value is -2.86. The number of nitrogens with zero attached hydrogens (tertiary/aromatic N) is 4. The second-order valence-electron chi connectivity index (χ2n) is 7.05. The first-order chi connectivity index (χ1) is 13.3. The van der Waals surface area contributed by atoms with Crippen molar-refractivity contribution in [2.75, 3.05) is 37.7 Å². The van der Waals surface area contributed by atoms with Gasteiger partial charge in [-0.3, -0.25) is 4.79 Å². The molecule has 0 radical (unpaired) electrons. The van der Waals surface area contributed by atoms with Crippen molar-refractivity contribution in [3.05, 3.63) is 59.9 Å². The van der Waals surface area contributed by atoms with Crippen LogP contribution in [-0.2, 0) is 17.9 Å². The Labute approximate surface area is 158 Å². The predicted molar refractivity (Wildman–Crippen MR) is 104 cm³/mol. The van der Waals surface area contributed by atoms with Crippen molar-refractivity contribution in [2.45, 2.75) is 13.2 Å². The number of amides is 1. The normalized spacial score (nSPS) is 17.2. The zero-order chi connectivity index (χ0) is 18.2. The van der Waals surface area contributed by atoms with Crippen molar-refractivity contribution in [1.29, 1.82) is 0 Å². The molecule has 1 saturated heterocycles. The molecule has 0 unspecified atom stereocenters. The standard InChI is InChI=1S/C21H22N4O2/c26-21(24-10-8-23(9-11-24)17-4-2-1-3-5-17)16-6-7-19-18(14-16)22-20-15-27-13-12-25(19)20/h1-7,14H,8-13,15H2. The van der Waals surface area contributed by atoms with Gasteiger partial charge in [-0.05, 0) is 30.3 Å². The second-order valence-corrected chi connectivity index (χ2v) is 7.05. The highest BCUT2D eigenvalue weighted by molar-refractivity contribution is 5.97. The first-order valence-corrected chi connectivity index (χ1v) is 9.46. The SMILES string of the molecule is O=C(c1ccc2c(c1)nc1n2CCOC1)N1CCN(c2ccccc2)CC1. The minimum Gasteiger partial charge on any atom is -0.372 e. The van der Waals surface area contributed by atoms with Gasteiger partial charge in [-0.15, -0.1) is 0 Å². The van der Waals surface area contributed by atoms with Crippen LogP contribution < -0.4 is 4.90 Å². The average molecular weight is 362 g/mol. The molecule has 2 aliphatic heterocycles. The van der Waals surface area contributed by atoms with E-state index < -0.39 is 0 Å². The lowest BCUT2D eigenvalue weighted by atomic mass is 10.1. The Morgan fingerprint density at radius 2 is 1.78 bits per heavy atom. The van der Waals surface area contributed by atoms with Crippen LogP contribution in [0.1, 0.15) is 16.2 Å². The molecule has 0 bridgehead atoms. The van der Waals surface area contributed by atoms with Crippen molar-refractivity contribution in [1.82, 2.24) is 14.5 Å². The van der Waals surface area contributed by atoms with E-state index in [2.05, 4.69) is 38.7 Å². The summed E-state index contributed by atoms with van der Waals surface area (Å²) in [4.78, 5) is 21.9. The highest BCUT2D eigenvalue weighted by Crippen LogP contribution is 2.22. The Morgan fingerprint density at radius 1 is 0.963 bits per heavy atom. The number of fused-ring (bicyclic) bond motifs is 3. The van der Waals surface area contributed by atoms with E-state index in [-0.39, 0.29) is 5.91 Å². The molecule has 0 saturated carbocycles. The summed E-state index contributed by atoms with van der Waals surface area (Å²) in [6, 6.07) is 16.2. The van der Waals surface area contributed by atoms with Crippen molar-refractivity contribution in [2.24, 2.45) is 0 Å². The maximum atomic E-state index is 13.0. The summed E-state index contributed by atoms with van der Waals surface area (Å²) in [6.07, 6.45) is 0. The molecular weight excluding hydrogens is 340 g/mol. The van der Waals surface area contributed by atoms with E-state index in [4.69, 9.17) is 4.74 Å². The quantitative estimate of drug-likeness (QED) is 0.703. The number of piperazine rings is 1. The van der Waals surface area contributed by atoms with E-state index in [1.54, 1.807) is 0 Å². The Bertz CT molecular complexity index is 975. The van der Waals surface area contributed by atoms with Crippen LogP contribution in [0.25, 0.3) is 11.0 Å². The van der Waals surface area contributed by atoms with Crippen molar-refractivity contribution in [3.8, 4) is 0 Å². The zero-order valence-corrected chi connectivity index (χ0v) is 15.2. The van der Waals surface area contributed by atoms with E-state index in [1.807, 2.05) is 29.2 Å². The summed E-state index contributed by atoms with van der Waals surface area (Å²) in [5.74, 6) is 1.03. The van der Waals surface area contributed by atoms with Gasteiger partial charge in [0.05, 0.1) is 17.6 Å². The van der Waals surface area contributed by atoms with Gasteiger partial charge in [-0.1, -0.05) is 18.2 Å². The highest BCUT2D eigenvalue weighted by atomic mass is 16.5. The molecule has 0 aliphatic carbocycles. The summed E-state index contributed by atoms with van der Waals surface area (Å²) in [6.45, 7) is 5.26. The van der Waals surface area contributed by atoms with Crippen molar-refractivity contribution in [3.63, 3.8) is 0 Å². The first kappa shape index (κ1) is 16.3. The van der Waals surface area contributed by atoms with Crippen LogP contribution in [0.5, 0.6) is 0 Å². The third kappa shape index (κ3) is 2.96. The van der Waals surface area contributed by atoms with Gasteiger partial charge in [0.1, 0.15) is 12.4 Å². The number of aromatic nitrogens is 2. The molecule has 3 heterocycles. The summed E-state index contributed by atoms with van der Waals surface area (Å²) in [5.41, 5.74) is 3.90. The maximum absolute atomic E-state index is 13.0. The minimum atomic E-state index is 0.0897. The first-order valence-electron chi connectivity index (χ1n) is 9.46. The molecule has 138 valence electrons. The number of carbonyl (C=O) groups is 1. The summed E-state index contributed by atoms with van der Waals surface area (Å²) < 4.78 is 7.67. The number of carbonyl (C=O) groups excluding carboxylic acids is 1. The van der Waals surface area contributed by atoms with Gasteiger partial charge < -0.3 is 19.1 Å². The minimum absolute atomic E-state index is 0.0897. The van der Waals surface area contributed by atoms with E-state index in [1.165, 1.54) is 5.69 Å². The van der Waals surface area contributed by atoms with Gasteiger partial charge in [0.15, 0.2) is 0 Å². The smallest absolute Gasteiger partial charge is 0.254 e. The molecule has 5 rings (SSSR count). The topological polar surface area (TPSA) is 50.6 Å². The molecule has 6 heteroatoms. The van der Waals surface area contributed by atoms with E-state index >= 15 is 0 Å². The molecule has 27 heavy (non-hydrogen) atoms. The molecule has 2 aromatic carbocycles. The molecule has 3 aromatic rings. The number of para-hydroxylation sites is 1. The monoisotopic (exact) mass is 362 g/mol. The largest absolute Gasteiger partial charge is 0.372 e. The van der Waals surface area contributed by atoms with Gasteiger partial charge in [0, 0.05) is 44.0 Å². The highest BCUT2D eigenvalue weighted by Gasteiger charge is 2.23. The Balaban J connectivity index is 1.32. The van der Waals surface area contributed by atoms with Crippen molar-refractivity contribution < 1.29 is 9.53 Å². The molecule has 2 aliphatic rings. The fourth-order valence-corrected chi connectivity index (χ4v) is 3.98. The van der Waals surface area contributed by atoms with Crippen LogP contribution >= 0.6 is 0 Å². The van der Waals surface area contributed by atoms with Gasteiger partial charge >= 0.3 is 0 Å². The van der Waals surface area contributed by atoms with E-state index in [9.17, 15) is 4.79 Å². The fraction of sp³-hybridized carbons (Fsp3) is 0.333. The number of hydrogen-bond donors (Lipinski definition) is 0. The second kappa shape index (κ2) is 6.70. The van der Waals surface area contributed by atoms with Crippen LogP contribution in [0.2, 0.25) is 0 Å². The van der Waals surface area contributed by atoms with Crippen LogP contribution in [0.4, 0.5) is 5.69 Å². The number of anilines is 1. The molecule has 0 N–H and O–H groups in total. The molecular formula is C21H22N4O2. The van der Waals surface area contributed by atoms with Crippen LogP contribution in [0, 0.1) is 0 Å². The molecule has 6 nitrogen and oxygen atoms in total. The lowest BCUT2D eigenvalue weighted by Crippen LogP contribution is -2.48. The zero-order valence-electron chi connectivity index (χ0n) is 15.2. The maximum Gasteiger partial charge on any atom is 0.254 e. The van der Waals surface area contributed by atoms with E-state index in [0.717, 1.165) is 49.6 Å².